The van der Waals surface area contributed by atoms with Crippen LogP contribution in [0.25, 0.3) is 0 Å². The Morgan fingerprint density at radius 3 is 2.23 bits per heavy atom. The van der Waals surface area contributed by atoms with E-state index in [1.165, 1.54) is 6.92 Å². The summed E-state index contributed by atoms with van der Waals surface area (Å²) in [4.78, 5) is 48.0. The van der Waals surface area contributed by atoms with Crippen molar-refractivity contribution in [2.75, 3.05) is 17.2 Å². The Hall–Kier alpha value is -3.04. The molecule has 0 spiro atoms. The zero-order valence-electron chi connectivity index (χ0n) is 14.4. The molecule has 0 bridgehead atoms. The first kappa shape index (κ1) is 19.3. The van der Waals surface area contributed by atoms with Gasteiger partial charge in [-0.1, -0.05) is 6.92 Å². The number of nitrogens with zero attached hydrogens (tertiary/aromatic N) is 1. The van der Waals surface area contributed by atoms with Crippen LogP contribution in [-0.2, 0) is 14.4 Å². The minimum atomic E-state index is -1.10. The van der Waals surface area contributed by atoms with Crippen molar-refractivity contribution in [3.8, 4) is 0 Å². The molecule has 1 aliphatic heterocycles. The van der Waals surface area contributed by atoms with E-state index in [4.69, 9.17) is 0 Å². The van der Waals surface area contributed by atoms with Crippen LogP contribution >= 0.6 is 0 Å². The molecular weight excluding hydrogens is 350 g/mol. The standard InChI is InChI=1S/C16H18F2N4O4/c1-4-16(3)14(25)22(15(26)21-16)7-13(24)20-12-6-11(19-8(2)23)9(17)5-10(12)18/h5-6H,4,7H2,1-3H3,(H,19,23)(H,20,24)(H,21,26). The Bertz CT molecular complexity index is 799. The van der Waals surface area contributed by atoms with Gasteiger partial charge in [-0.2, -0.15) is 0 Å². The molecule has 2 rings (SSSR count). The predicted molar refractivity (Wildman–Crippen MR) is 88.2 cm³/mol. The molecule has 1 aromatic rings. The molecule has 1 aliphatic rings. The van der Waals surface area contributed by atoms with Gasteiger partial charge < -0.3 is 16.0 Å². The maximum Gasteiger partial charge on any atom is 0.325 e. The third kappa shape index (κ3) is 3.79. The van der Waals surface area contributed by atoms with Crippen LogP contribution in [0, 0.1) is 11.6 Å². The van der Waals surface area contributed by atoms with Crippen molar-refractivity contribution in [1.82, 2.24) is 10.2 Å². The number of imide groups is 1. The molecule has 10 heteroatoms. The maximum absolute atomic E-state index is 13.8. The highest BCUT2D eigenvalue weighted by Crippen LogP contribution is 2.24. The van der Waals surface area contributed by atoms with Gasteiger partial charge in [0, 0.05) is 13.0 Å². The largest absolute Gasteiger partial charge is 0.325 e. The molecule has 1 unspecified atom stereocenters. The first-order valence-corrected chi connectivity index (χ1v) is 7.78. The van der Waals surface area contributed by atoms with Gasteiger partial charge in [0.05, 0.1) is 11.4 Å². The minimum absolute atomic E-state index is 0.317. The van der Waals surface area contributed by atoms with Crippen molar-refractivity contribution < 1.29 is 28.0 Å². The van der Waals surface area contributed by atoms with E-state index in [2.05, 4.69) is 16.0 Å². The summed E-state index contributed by atoms with van der Waals surface area (Å²) in [5.41, 5.74) is -1.81. The molecular formula is C16H18F2N4O4. The first-order chi connectivity index (χ1) is 12.1. The molecule has 1 saturated heterocycles. The molecule has 1 atom stereocenters. The van der Waals surface area contributed by atoms with Crippen molar-refractivity contribution in [3.63, 3.8) is 0 Å². The van der Waals surface area contributed by atoms with Crippen LogP contribution in [0.5, 0.6) is 0 Å². The smallest absolute Gasteiger partial charge is 0.324 e. The van der Waals surface area contributed by atoms with Gasteiger partial charge in [0.15, 0.2) is 0 Å². The van der Waals surface area contributed by atoms with Gasteiger partial charge in [0.25, 0.3) is 5.91 Å². The molecule has 140 valence electrons. The summed E-state index contributed by atoms with van der Waals surface area (Å²) in [5, 5.41) is 6.80. The average Bonchev–Trinajstić information content (AvgIpc) is 2.75. The van der Waals surface area contributed by atoms with E-state index in [0.29, 0.717) is 12.5 Å². The number of rotatable bonds is 5. The van der Waals surface area contributed by atoms with Gasteiger partial charge in [-0.15, -0.1) is 0 Å². The summed E-state index contributed by atoms with van der Waals surface area (Å²) in [6.07, 6.45) is 0.336. The summed E-state index contributed by atoms with van der Waals surface area (Å²) >= 11 is 0. The second-order valence-corrected chi connectivity index (χ2v) is 6.05. The molecule has 5 amide bonds. The molecule has 3 N–H and O–H groups in total. The summed E-state index contributed by atoms with van der Waals surface area (Å²) in [6.45, 7) is 3.75. The van der Waals surface area contributed by atoms with E-state index >= 15 is 0 Å². The summed E-state index contributed by atoms with van der Waals surface area (Å²) in [6, 6.07) is 0.683. The van der Waals surface area contributed by atoms with Crippen molar-refractivity contribution in [3.05, 3.63) is 23.8 Å². The Kier molecular flexibility index (Phi) is 5.24. The Labute approximate surface area is 147 Å². The molecule has 1 aromatic carbocycles. The first-order valence-electron chi connectivity index (χ1n) is 7.78. The molecule has 8 nitrogen and oxygen atoms in total. The molecule has 0 saturated carbocycles. The van der Waals surface area contributed by atoms with E-state index < -0.39 is 53.2 Å². The molecule has 1 heterocycles. The van der Waals surface area contributed by atoms with Gasteiger partial charge in [0.2, 0.25) is 11.8 Å². The van der Waals surface area contributed by atoms with Crippen LogP contribution in [0.3, 0.4) is 0 Å². The number of halogens is 2. The van der Waals surface area contributed by atoms with Crippen LogP contribution in [0.4, 0.5) is 25.0 Å². The quantitative estimate of drug-likeness (QED) is 0.686. The number of carbonyl (C=O) groups is 4. The highest BCUT2D eigenvalue weighted by atomic mass is 19.1. The monoisotopic (exact) mass is 368 g/mol. The fraction of sp³-hybridized carbons (Fsp3) is 0.375. The van der Waals surface area contributed by atoms with Gasteiger partial charge >= 0.3 is 6.03 Å². The van der Waals surface area contributed by atoms with E-state index in [-0.39, 0.29) is 5.69 Å². The zero-order valence-corrected chi connectivity index (χ0v) is 14.4. The van der Waals surface area contributed by atoms with E-state index in [9.17, 15) is 28.0 Å². The second-order valence-electron chi connectivity index (χ2n) is 6.05. The fourth-order valence-electron chi connectivity index (χ4n) is 2.39. The van der Waals surface area contributed by atoms with E-state index in [1.54, 1.807) is 6.92 Å². The number of hydrogen-bond donors (Lipinski definition) is 3. The molecule has 0 aromatic heterocycles. The number of benzene rings is 1. The van der Waals surface area contributed by atoms with Gasteiger partial charge in [-0.05, 0) is 19.4 Å². The van der Waals surface area contributed by atoms with Crippen LogP contribution in [0.2, 0.25) is 0 Å². The lowest BCUT2D eigenvalue weighted by molar-refractivity contribution is -0.133. The van der Waals surface area contributed by atoms with Crippen LogP contribution in [-0.4, -0.2) is 40.7 Å². The van der Waals surface area contributed by atoms with Crippen molar-refractivity contribution in [2.24, 2.45) is 0 Å². The third-order valence-electron chi connectivity index (χ3n) is 4.00. The lowest BCUT2D eigenvalue weighted by Gasteiger charge is -2.19. The van der Waals surface area contributed by atoms with Crippen molar-refractivity contribution in [1.29, 1.82) is 0 Å². The summed E-state index contributed by atoms with van der Waals surface area (Å²) < 4.78 is 27.5. The lowest BCUT2D eigenvalue weighted by atomic mass is 9.99. The molecule has 1 fully saturated rings. The maximum atomic E-state index is 13.8. The lowest BCUT2D eigenvalue weighted by Crippen LogP contribution is -2.44. The van der Waals surface area contributed by atoms with Gasteiger partial charge in [-0.25, -0.2) is 13.6 Å². The molecule has 0 radical (unpaired) electrons. The Balaban J connectivity index is 2.14. The zero-order chi connectivity index (χ0) is 19.6. The topological polar surface area (TPSA) is 108 Å². The molecule has 0 aliphatic carbocycles. The Morgan fingerprint density at radius 1 is 1.15 bits per heavy atom. The summed E-state index contributed by atoms with van der Waals surface area (Å²) in [7, 11) is 0. The van der Waals surface area contributed by atoms with E-state index in [0.717, 1.165) is 17.9 Å². The number of amides is 5. The average molecular weight is 368 g/mol. The number of carbonyl (C=O) groups excluding carboxylic acids is 4. The third-order valence-corrected chi connectivity index (χ3v) is 4.00. The van der Waals surface area contributed by atoms with Crippen molar-refractivity contribution in [2.45, 2.75) is 32.7 Å². The summed E-state index contributed by atoms with van der Waals surface area (Å²) in [5.74, 6) is -4.08. The van der Waals surface area contributed by atoms with Crippen LogP contribution in [0.15, 0.2) is 12.1 Å². The number of nitrogens with one attached hydrogen (secondary N) is 3. The number of anilines is 2. The van der Waals surface area contributed by atoms with Crippen LogP contribution in [0.1, 0.15) is 27.2 Å². The predicted octanol–water partition coefficient (Wildman–Crippen LogP) is 1.58. The molecule has 26 heavy (non-hydrogen) atoms. The Morgan fingerprint density at radius 2 is 1.73 bits per heavy atom. The van der Waals surface area contributed by atoms with Gasteiger partial charge in [0.1, 0.15) is 23.7 Å². The highest BCUT2D eigenvalue weighted by Gasteiger charge is 2.47. The van der Waals surface area contributed by atoms with E-state index in [1.807, 2.05) is 0 Å². The minimum Gasteiger partial charge on any atom is -0.324 e. The fourth-order valence-corrected chi connectivity index (χ4v) is 2.39. The normalized spacial score (nSPS) is 19.3. The van der Waals surface area contributed by atoms with Gasteiger partial charge in [-0.3, -0.25) is 19.3 Å². The number of hydrogen-bond acceptors (Lipinski definition) is 4. The SMILES string of the molecule is CCC1(C)NC(=O)N(CC(=O)Nc2cc(NC(C)=O)c(F)cc2F)C1=O. The highest BCUT2D eigenvalue weighted by molar-refractivity contribution is 6.10. The second kappa shape index (κ2) is 7.06. The van der Waals surface area contributed by atoms with Crippen LogP contribution < -0.4 is 16.0 Å². The van der Waals surface area contributed by atoms with Crippen molar-refractivity contribution >= 4 is 35.1 Å². The number of urea groups is 1.